The van der Waals surface area contributed by atoms with Crippen molar-refractivity contribution in [1.29, 1.82) is 0 Å². The topological polar surface area (TPSA) is 6.48 Å². The molecule has 1 aliphatic rings. The predicted octanol–water partition coefficient (Wildman–Crippen LogP) is 2.37. The summed E-state index contributed by atoms with van der Waals surface area (Å²) in [6.07, 6.45) is 2.44. The molecule has 0 amide bonds. The van der Waals surface area contributed by atoms with E-state index in [4.69, 9.17) is 0 Å². The number of rotatable bonds is 3. The van der Waals surface area contributed by atoms with Crippen molar-refractivity contribution in [2.75, 3.05) is 20.1 Å². The van der Waals surface area contributed by atoms with Gasteiger partial charge >= 0.3 is 0 Å². The summed E-state index contributed by atoms with van der Waals surface area (Å²) in [5, 5.41) is 0. The standard InChI is InChI=1S/C6H14N2S4/c1-7-4-2-6(3-5-7)8(11-9)12-10/h6,9-10H,2-5H2,1H3. The zero-order valence-electron chi connectivity index (χ0n) is 7.01. The Balaban J connectivity index is 2.32. The lowest BCUT2D eigenvalue weighted by atomic mass is 10.1. The van der Waals surface area contributed by atoms with Crippen LogP contribution in [0, 0.1) is 0 Å². The van der Waals surface area contributed by atoms with E-state index in [2.05, 4.69) is 39.0 Å². The van der Waals surface area contributed by atoms with Crippen molar-refractivity contribution in [2.45, 2.75) is 18.9 Å². The maximum atomic E-state index is 4.19. The van der Waals surface area contributed by atoms with Gasteiger partial charge in [0, 0.05) is 6.04 Å². The zero-order chi connectivity index (χ0) is 8.97. The number of piperidine rings is 1. The van der Waals surface area contributed by atoms with Gasteiger partial charge in [0.15, 0.2) is 0 Å². The molecule has 0 unspecified atom stereocenters. The second-order valence-electron chi connectivity index (χ2n) is 2.98. The highest BCUT2D eigenvalue weighted by molar-refractivity contribution is 8.75. The highest BCUT2D eigenvalue weighted by Crippen LogP contribution is 2.33. The SMILES string of the molecule is CN1CCC(N(SS)SS)CC1. The van der Waals surface area contributed by atoms with Gasteiger partial charge in [-0.05, 0) is 54.9 Å². The van der Waals surface area contributed by atoms with E-state index in [1.807, 2.05) is 0 Å². The van der Waals surface area contributed by atoms with Crippen molar-refractivity contribution in [3.05, 3.63) is 0 Å². The summed E-state index contributed by atoms with van der Waals surface area (Å²) >= 11 is 8.38. The summed E-state index contributed by atoms with van der Waals surface area (Å²) in [5.74, 6) is 0. The van der Waals surface area contributed by atoms with E-state index in [0.29, 0.717) is 6.04 Å². The van der Waals surface area contributed by atoms with Crippen molar-refractivity contribution >= 4 is 45.3 Å². The molecule has 0 saturated carbocycles. The Morgan fingerprint density at radius 2 is 1.75 bits per heavy atom. The summed E-state index contributed by atoms with van der Waals surface area (Å²) in [4.78, 5) is 2.36. The summed E-state index contributed by atoms with van der Waals surface area (Å²) in [6, 6.07) is 0.631. The van der Waals surface area contributed by atoms with E-state index in [0.717, 1.165) is 0 Å². The lowest BCUT2D eigenvalue weighted by Gasteiger charge is -2.33. The smallest absolute Gasteiger partial charge is 0.0355 e. The molecule has 0 aromatic heterocycles. The highest BCUT2D eigenvalue weighted by Gasteiger charge is 2.22. The number of hydrogen-bond acceptors (Lipinski definition) is 6. The molecule has 1 saturated heterocycles. The molecule has 1 heterocycles. The lowest BCUT2D eigenvalue weighted by molar-refractivity contribution is 0.229. The number of likely N-dealkylation sites (tertiary alicyclic amines) is 1. The molecule has 0 spiro atoms. The van der Waals surface area contributed by atoms with E-state index in [1.54, 1.807) is 0 Å². The molecule has 0 radical (unpaired) electrons. The monoisotopic (exact) mass is 242 g/mol. The van der Waals surface area contributed by atoms with Gasteiger partial charge in [-0.25, -0.2) is 0 Å². The molecule has 2 nitrogen and oxygen atoms in total. The highest BCUT2D eigenvalue weighted by atomic mass is 33.1. The van der Waals surface area contributed by atoms with E-state index < -0.39 is 0 Å². The molecule has 1 fully saturated rings. The normalized spacial score (nSPS) is 22.0. The molecular formula is C6H14N2S4. The Morgan fingerprint density at radius 1 is 1.25 bits per heavy atom. The molecule has 0 aromatic rings. The van der Waals surface area contributed by atoms with E-state index >= 15 is 0 Å². The molecule has 1 aliphatic heterocycles. The first kappa shape index (κ1) is 11.4. The van der Waals surface area contributed by atoms with Crippen molar-refractivity contribution in [3.63, 3.8) is 0 Å². The van der Waals surface area contributed by atoms with Crippen LogP contribution in [0.2, 0.25) is 0 Å². The molecule has 0 N–H and O–H groups in total. The Morgan fingerprint density at radius 3 is 2.17 bits per heavy atom. The first-order valence-corrected chi connectivity index (χ1v) is 7.54. The average Bonchev–Trinajstić information content (AvgIpc) is 2.10. The van der Waals surface area contributed by atoms with E-state index in [1.165, 1.54) is 47.9 Å². The van der Waals surface area contributed by atoms with Crippen LogP contribution in [0.15, 0.2) is 0 Å². The summed E-state index contributed by atoms with van der Waals surface area (Å²) < 4.78 is 2.15. The van der Waals surface area contributed by atoms with Gasteiger partial charge in [0.1, 0.15) is 0 Å². The van der Waals surface area contributed by atoms with Gasteiger partial charge in [0.2, 0.25) is 0 Å². The van der Waals surface area contributed by atoms with Crippen LogP contribution in [0.25, 0.3) is 0 Å². The van der Waals surface area contributed by atoms with E-state index in [-0.39, 0.29) is 0 Å². The predicted molar refractivity (Wildman–Crippen MR) is 65.5 cm³/mol. The van der Waals surface area contributed by atoms with Gasteiger partial charge in [-0.2, -0.15) is 3.71 Å². The second-order valence-corrected chi connectivity index (χ2v) is 5.31. The van der Waals surface area contributed by atoms with Gasteiger partial charge in [0.05, 0.1) is 0 Å². The first-order valence-electron chi connectivity index (χ1n) is 3.88. The van der Waals surface area contributed by atoms with Crippen LogP contribution in [0.1, 0.15) is 12.8 Å². The molecule has 12 heavy (non-hydrogen) atoms. The molecule has 1 rings (SSSR count). The Bertz CT molecular complexity index is 123. The molecule has 6 heteroatoms. The van der Waals surface area contributed by atoms with Gasteiger partial charge in [-0.15, -0.1) is 0 Å². The second kappa shape index (κ2) is 5.93. The zero-order valence-corrected chi connectivity index (χ0v) is 10.4. The third-order valence-electron chi connectivity index (χ3n) is 2.15. The molecule has 0 aliphatic carbocycles. The van der Waals surface area contributed by atoms with Crippen molar-refractivity contribution < 1.29 is 0 Å². The summed E-state index contributed by atoms with van der Waals surface area (Å²) in [6.45, 7) is 2.37. The van der Waals surface area contributed by atoms with Gasteiger partial charge < -0.3 is 4.90 Å². The number of hydrogen-bond donors (Lipinski definition) is 2. The summed E-state index contributed by atoms with van der Waals surface area (Å²) in [7, 11) is 5.12. The van der Waals surface area contributed by atoms with Crippen molar-refractivity contribution in [3.8, 4) is 0 Å². The largest absolute Gasteiger partial charge is 0.306 e. The molecular weight excluding hydrogens is 228 g/mol. The van der Waals surface area contributed by atoms with Crippen LogP contribution >= 0.6 is 45.3 Å². The van der Waals surface area contributed by atoms with Gasteiger partial charge in [-0.3, -0.25) is 0 Å². The first-order chi connectivity index (χ1) is 5.77. The Labute approximate surface area is 92.7 Å². The van der Waals surface area contributed by atoms with Gasteiger partial charge in [-0.1, -0.05) is 23.3 Å². The minimum absolute atomic E-state index is 0.631. The van der Waals surface area contributed by atoms with Crippen LogP contribution in [-0.4, -0.2) is 34.8 Å². The van der Waals surface area contributed by atoms with Crippen LogP contribution < -0.4 is 0 Å². The minimum atomic E-state index is 0.631. The number of thiol groups is 2. The minimum Gasteiger partial charge on any atom is -0.306 e. The quantitative estimate of drug-likeness (QED) is 0.445. The fraction of sp³-hybridized carbons (Fsp3) is 1.00. The molecule has 72 valence electrons. The van der Waals surface area contributed by atoms with E-state index in [9.17, 15) is 0 Å². The fourth-order valence-corrected chi connectivity index (χ4v) is 4.03. The van der Waals surface area contributed by atoms with Crippen LogP contribution in [-0.2, 0) is 0 Å². The molecule has 0 aromatic carbocycles. The molecule has 0 bridgehead atoms. The third-order valence-corrected chi connectivity index (χ3v) is 5.23. The fourth-order valence-electron chi connectivity index (χ4n) is 1.35. The van der Waals surface area contributed by atoms with Crippen LogP contribution in [0.4, 0.5) is 0 Å². The Hall–Kier alpha value is 1.32. The van der Waals surface area contributed by atoms with Crippen LogP contribution in [0.3, 0.4) is 0 Å². The van der Waals surface area contributed by atoms with Crippen molar-refractivity contribution in [2.24, 2.45) is 0 Å². The van der Waals surface area contributed by atoms with Gasteiger partial charge in [0.25, 0.3) is 0 Å². The summed E-state index contributed by atoms with van der Waals surface area (Å²) in [5.41, 5.74) is 0. The third kappa shape index (κ3) is 3.23. The number of nitrogens with zero attached hydrogens (tertiary/aromatic N) is 2. The molecule has 0 atom stereocenters. The Kier molecular flexibility index (Phi) is 5.63. The lowest BCUT2D eigenvalue weighted by Crippen LogP contribution is -2.37. The maximum absolute atomic E-state index is 4.19. The maximum Gasteiger partial charge on any atom is 0.0355 e. The van der Waals surface area contributed by atoms with Crippen LogP contribution in [0.5, 0.6) is 0 Å². The average molecular weight is 242 g/mol. The van der Waals surface area contributed by atoms with Crippen molar-refractivity contribution in [1.82, 2.24) is 8.61 Å².